The summed E-state index contributed by atoms with van der Waals surface area (Å²) >= 11 is 0. The summed E-state index contributed by atoms with van der Waals surface area (Å²) in [7, 11) is 0. The fourth-order valence-electron chi connectivity index (χ4n) is 5.92. The Morgan fingerprint density at radius 3 is 2.42 bits per heavy atom. The molecule has 0 saturated carbocycles. The molecule has 3 heterocycles. The van der Waals surface area contributed by atoms with Gasteiger partial charge in [0.25, 0.3) is 5.91 Å². The van der Waals surface area contributed by atoms with E-state index in [2.05, 4.69) is 72.1 Å². The molecule has 2 aromatic rings. The number of piperidine rings is 1. The van der Waals surface area contributed by atoms with E-state index in [-0.39, 0.29) is 29.6 Å². The van der Waals surface area contributed by atoms with E-state index in [0.29, 0.717) is 36.0 Å². The third kappa shape index (κ3) is 6.01. The van der Waals surface area contributed by atoms with Crippen molar-refractivity contribution in [3.63, 3.8) is 0 Å². The minimum absolute atomic E-state index is 0.0694. The van der Waals surface area contributed by atoms with Crippen molar-refractivity contribution in [1.29, 1.82) is 0 Å². The Balaban J connectivity index is 1.33. The van der Waals surface area contributed by atoms with Gasteiger partial charge in [-0.25, -0.2) is 9.78 Å². The minimum Gasteiger partial charge on any atom is -0.352 e. The lowest BCUT2D eigenvalue weighted by Gasteiger charge is -2.41. The van der Waals surface area contributed by atoms with Gasteiger partial charge in [-0.05, 0) is 78.0 Å². The van der Waals surface area contributed by atoms with Crippen molar-refractivity contribution in [1.82, 2.24) is 25.0 Å². The van der Waals surface area contributed by atoms with E-state index >= 15 is 0 Å². The molecule has 2 saturated heterocycles. The molecule has 38 heavy (non-hydrogen) atoms. The Bertz CT molecular complexity index is 1120. The van der Waals surface area contributed by atoms with Gasteiger partial charge in [0.15, 0.2) is 0 Å². The van der Waals surface area contributed by atoms with Gasteiger partial charge in [0.1, 0.15) is 0 Å². The molecule has 2 aliphatic rings. The second-order valence-corrected chi connectivity index (χ2v) is 11.8. The number of hydrogen-bond donors (Lipinski definition) is 1. The van der Waals surface area contributed by atoms with Gasteiger partial charge in [-0.15, -0.1) is 0 Å². The zero-order valence-electron chi connectivity index (χ0n) is 23.6. The van der Waals surface area contributed by atoms with Crippen LogP contribution >= 0.6 is 0 Å². The van der Waals surface area contributed by atoms with E-state index in [4.69, 9.17) is 0 Å². The van der Waals surface area contributed by atoms with Gasteiger partial charge < -0.3 is 20.0 Å². The number of nitrogens with one attached hydrogen (secondary N) is 1. The van der Waals surface area contributed by atoms with Crippen molar-refractivity contribution < 1.29 is 14.0 Å². The zero-order chi connectivity index (χ0) is 27.6. The Morgan fingerprint density at radius 1 is 1.16 bits per heavy atom. The minimum atomic E-state index is -0.564. The molecule has 0 aliphatic carbocycles. The van der Waals surface area contributed by atoms with E-state index < -0.39 is 5.95 Å². The smallest absolute Gasteiger partial charge is 0.321 e. The molecule has 4 rings (SSSR count). The lowest BCUT2D eigenvalue weighted by atomic mass is 9.97. The van der Waals surface area contributed by atoms with Gasteiger partial charge in [-0.3, -0.25) is 4.79 Å². The molecule has 0 radical (unpaired) electrons. The molecule has 2 fully saturated rings. The number of rotatable bonds is 7. The third-order valence-electron chi connectivity index (χ3n) is 8.09. The molecular weight excluding hydrogens is 481 g/mol. The van der Waals surface area contributed by atoms with Gasteiger partial charge in [-0.2, -0.15) is 4.39 Å². The van der Waals surface area contributed by atoms with E-state index in [9.17, 15) is 14.0 Å². The standard InChI is InChI=1S/C30H42FN5O2/c1-20-18-26(31)33-22(3)27(20)28(37)32-15-12-21(2)34-16-13-24(14-17-34)36-25(23-10-8-7-9-11-23)19-35(29(36)38)30(4,5)6/h7-11,18,21,24-25H,12-17,19H2,1-6H3,(H,32,37). The first-order chi connectivity index (χ1) is 18.0. The molecule has 2 atom stereocenters. The van der Waals surface area contributed by atoms with Crippen LogP contribution in [0.2, 0.25) is 0 Å². The molecule has 1 aromatic heterocycles. The first-order valence-electron chi connectivity index (χ1n) is 13.8. The van der Waals surface area contributed by atoms with Crippen molar-refractivity contribution in [2.24, 2.45) is 0 Å². The summed E-state index contributed by atoms with van der Waals surface area (Å²) in [6.45, 7) is 15.0. The number of halogens is 1. The molecule has 1 N–H and O–H groups in total. The molecule has 206 valence electrons. The van der Waals surface area contributed by atoms with Crippen LogP contribution in [0.3, 0.4) is 0 Å². The largest absolute Gasteiger partial charge is 0.352 e. The number of aromatic nitrogens is 1. The van der Waals surface area contributed by atoms with E-state index in [1.54, 1.807) is 13.8 Å². The summed E-state index contributed by atoms with van der Waals surface area (Å²) in [5.74, 6) is -0.772. The van der Waals surface area contributed by atoms with Gasteiger partial charge in [0.05, 0.1) is 17.3 Å². The van der Waals surface area contributed by atoms with E-state index in [1.165, 1.54) is 11.6 Å². The average Bonchev–Trinajstić information content (AvgIpc) is 3.21. The summed E-state index contributed by atoms with van der Waals surface area (Å²) in [5, 5.41) is 2.99. The number of carbonyl (C=O) groups excluding carboxylic acids is 2. The van der Waals surface area contributed by atoms with Gasteiger partial charge in [0, 0.05) is 43.8 Å². The number of likely N-dealkylation sites (tertiary alicyclic amines) is 1. The Morgan fingerprint density at radius 2 is 1.82 bits per heavy atom. The highest BCUT2D eigenvalue weighted by Gasteiger charge is 2.46. The summed E-state index contributed by atoms with van der Waals surface area (Å²) in [4.78, 5) is 36.7. The number of hydrogen-bond acceptors (Lipinski definition) is 4. The number of carbonyl (C=O) groups is 2. The summed E-state index contributed by atoms with van der Waals surface area (Å²) in [6, 6.07) is 12.4. The summed E-state index contributed by atoms with van der Waals surface area (Å²) < 4.78 is 13.5. The number of urea groups is 1. The molecular formula is C30H42FN5O2. The highest BCUT2D eigenvalue weighted by molar-refractivity contribution is 5.96. The van der Waals surface area contributed by atoms with Crippen LogP contribution < -0.4 is 5.32 Å². The first kappa shape index (κ1) is 28.0. The fraction of sp³-hybridized carbons (Fsp3) is 0.567. The molecule has 2 unspecified atom stereocenters. The van der Waals surface area contributed by atoms with Gasteiger partial charge in [-0.1, -0.05) is 30.3 Å². The predicted molar refractivity (Wildman–Crippen MR) is 148 cm³/mol. The van der Waals surface area contributed by atoms with E-state index in [0.717, 1.165) is 32.4 Å². The highest BCUT2D eigenvalue weighted by atomic mass is 19.1. The molecule has 7 nitrogen and oxygen atoms in total. The number of benzene rings is 1. The maximum atomic E-state index is 13.6. The molecule has 1 aromatic carbocycles. The van der Waals surface area contributed by atoms with Crippen LogP contribution in [0, 0.1) is 19.8 Å². The van der Waals surface area contributed by atoms with Crippen LogP contribution in [0.1, 0.15) is 80.2 Å². The van der Waals surface area contributed by atoms with Gasteiger partial charge in [0.2, 0.25) is 5.95 Å². The molecule has 0 bridgehead atoms. The average molecular weight is 524 g/mol. The maximum absolute atomic E-state index is 13.6. The SMILES string of the molecule is Cc1cc(F)nc(C)c1C(=O)NCCC(C)N1CCC(N2C(=O)N(C(C)(C)C)CC2c2ccccc2)CC1. The first-order valence-corrected chi connectivity index (χ1v) is 13.8. The fourth-order valence-corrected chi connectivity index (χ4v) is 5.92. The number of aryl methyl sites for hydroxylation is 2. The summed E-state index contributed by atoms with van der Waals surface area (Å²) in [6.07, 6.45) is 2.68. The van der Waals surface area contributed by atoms with Gasteiger partial charge >= 0.3 is 6.03 Å². The van der Waals surface area contributed by atoms with Crippen molar-refractivity contribution in [2.75, 3.05) is 26.2 Å². The topological polar surface area (TPSA) is 68.8 Å². The molecule has 0 spiro atoms. The number of nitrogens with zero attached hydrogens (tertiary/aromatic N) is 4. The van der Waals surface area contributed by atoms with Crippen molar-refractivity contribution >= 4 is 11.9 Å². The van der Waals surface area contributed by atoms with E-state index in [1.807, 2.05) is 11.0 Å². The Hall–Kier alpha value is -3.00. The Kier molecular flexibility index (Phi) is 8.40. The maximum Gasteiger partial charge on any atom is 0.321 e. The monoisotopic (exact) mass is 523 g/mol. The normalized spacial score (nSPS) is 20.2. The van der Waals surface area contributed by atoms with Crippen LogP contribution in [0.15, 0.2) is 36.4 Å². The zero-order valence-corrected chi connectivity index (χ0v) is 23.6. The lowest BCUT2D eigenvalue weighted by Crippen LogP contribution is -2.51. The van der Waals surface area contributed by atoms with Crippen LogP contribution in [0.4, 0.5) is 9.18 Å². The third-order valence-corrected chi connectivity index (χ3v) is 8.09. The quantitative estimate of drug-likeness (QED) is 0.514. The van der Waals surface area contributed by atoms with Crippen LogP contribution in [-0.2, 0) is 0 Å². The second-order valence-electron chi connectivity index (χ2n) is 11.8. The Labute approximate surface area is 226 Å². The predicted octanol–water partition coefficient (Wildman–Crippen LogP) is 5.09. The van der Waals surface area contributed by atoms with Crippen LogP contribution in [0.25, 0.3) is 0 Å². The second kappa shape index (κ2) is 11.4. The van der Waals surface area contributed by atoms with Crippen molar-refractivity contribution in [3.8, 4) is 0 Å². The number of pyridine rings is 1. The van der Waals surface area contributed by atoms with Crippen LogP contribution in [-0.4, -0.2) is 75.4 Å². The molecule has 2 aliphatic heterocycles. The number of amides is 3. The van der Waals surface area contributed by atoms with Crippen molar-refractivity contribution in [3.05, 3.63) is 64.7 Å². The highest BCUT2D eigenvalue weighted by Crippen LogP contribution is 2.37. The van der Waals surface area contributed by atoms with Crippen LogP contribution in [0.5, 0.6) is 0 Å². The molecule has 3 amide bonds. The van der Waals surface area contributed by atoms with Crippen molar-refractivity contribution in [2.45, 2.75) is 84.5 Å². The summed E-state index contributed by atoms with van der Waals surface area (Å²) in [5.41, 5.74) is 2.43. The lowest BCUT2D eigenvalue weighted by molar-refractivity contribution is 0.0872. The molecule has 8 heteroatoms.